The number of hydrogen-bond donors (Lipinski definition) is 7. The first-order chi connectivity index (χ1) is 25.6. The van der Waals surface area contributed by atoms with Crippen molar-refractivity contribution in [3.63, 3.8) is 0 Å². The van der Waals surface area contributed by atoms with Gasteiger partial charge in [-0.05, 0) is 61.8 Å². The number of carboxylic acid groups (broad SMARTS) is 2. The minimum absolute atomic E-state index is 0.0564. The Morgan fingerprint density at radius 1 is 0.685 bits per heavy atom. The number of nitrogens with one attached hydrogen (secondary N) is 2. The fraction of sp³-hybridized carbons (Fsp3) is 0.378. The Labute approximate surface area is 311 Å². The van der Waals surface area contributed by atoms with Gasteiger partial charge in [0, 0.05) is 25.2 Å². The summed E-state index contributed by atoms with van der Waals surface area (Å²) in [7, 11) is 1.05. The van der Waals surface area contributed by atoms with Crippen molar-refractivity contribution in [3.8, 4) is 0 Å². The number of esters is 1. The maximum absolute atomic E-state index is 12.8. The van der Waals surface area contributed by atoms with E-state index < -0.39 is 72.1 Å². The molecular formula is C37H46N4O13. The number of carbonyl (C=O) groups is 7. The van der Waals surface area contributed by atoms with Gasteiger partial charge >= 0.3 is 17.9 Å². The molecule has 0 bridgehead atoms. The SMILES string of the molecule is COC(=O)[C@H](CCCCN(O)C(=O)/C=C/c1ccccc1)NC(=O)CC(O)(CC(=O)NC(CCCCN(O)C(=O)/C=C/c1ccccc1)C(=O)O)C(=O)O. The summed E-state index contributed by atoms with van der Waals surface area (Å²) in [6.07, 6.45) is 3.38. The summed E-state index contributed by atoms with van der Waals surface area (Å²) in [5.41, 5.74) is -1.51. The van der Waals surface area contributed by atoms with E-state index >= 15 is 0 Å². The van der Waals surface area contributed by atoms with E-state index in [2.05, 4.69) is 10.6 Å². The van der Waals surface area contributed by atoms with E-state index in [-0.39, 0.29) is 51.6 Å². The first-order valence-corrected chi connectivity index (χ1v) is 17.0. The highest BCUT2D eigenvalue weighted by atomic mass is 16.5. The van der Waals surface area contributed by atoms with Crippen LogP contribution in [0.25, 0.3) is 12.2 Å². The zero-order valence-corrected chi connectivity index (χ0v) is 29.7. The van der Waals surface area contributed by atoms with Crippen LogP contribution in [0.15, 0.2) is 72.8 Å². The van der Waals surface area contributed by atoms with E-state index in [0.717, 1.165) is 18.2 Å². The van der Waals surface area contributed by atoms with E-state index in [0.29, 0.717) is 10.1 Å². The van der Waals surface area contributed by atoms with Gasteiger partial charge in [-0.15, -0.1) is 0 Å². The average molecular weight is 755 g/mol. The first kappa shape index (κ1) is 44.3. The normalized spacial score (nSPS) is 13.3. The number of rotatable bonds is 23. The lowest BCUT2D eigenvalue weighted by Gasteiger charge is -2.25. The molecule has 0 radical (unpaired) electrons. The van der Waals surface area contributed by atoms with E-state index in [1.165, 1.54) is 24.3 Å². The Kier molecular flexibility index (Phi) is 18.8. The second-order valence-corrected chi connectivity index (χ2v) is 12.2. The van der Waals surface area contributed by atoms with Gasteiger partial charge in [-0.25, -0.2) is 24.5 Å². The number of aliphatic carboxylic acids is 2. The van der Waals surface area contributed by atoms with Crippen LogP contribution in [0.1, 0.15) is 62.5 Å². The van der Waals surface area contributed by atoms with Crippen LogP contribution in [0.2, 0.25) is 0 Å². The van der Waals surface area contributed by atoms with Gasteiger partial charge in [-0.3, -0.25) is 29.6 Å². The number of aliphatic hydroxyl groups is 1. The van der Waals surface area contributed by atoms with Crippen LogP contribution in [-0.4, -0.2) is 115 Å². The second-order valence-electron chi connectivity index (χ2n) is 12.2. The van der Waals surface area contributed by atoms with Gasteiger partial charge in [0.25, 0.3) is 11.8 Å². The highest BCUT2D eigenvalue weighted by Crippen LogP contribution is 2.18. The largest absolute Gasteiger partial charge is 0.480 e. The van der Waals surface area contributed by atoms with Gasteiger partial charge in [0.1, 0.15) is 12.1 Å². The monoisotopic (exact) mass is 754 g/mol. The van der Waals surface area contributed by atoms with Crippen LogP contribution in [0.3, 0.4) is 0 Å². The van der Waals surface area contributed by atoms with E-state index in [9.17, 15) is 59.3 Å². The smallest absolute Gasteiger partial charge is 0.336 e. The zero-order valence-electron chi connectivity index (χ0n) is 29.7. The van der Waals surface area contributed by atoms with Gasteiger partial charge in [-0.2, -0.15) is 0 Å². The van der Waals surface area contributed by atoms with Crippen LogP contribution >= 0.6 is 0 Å². The van der Waals surface area contributed by atoms with Crippen molar-refractivity contribution in [2.24, 2.45) is 0 Å². The minimum Gasteiger partial charge on any atom is -0.480 e. The van der Waals surface area contributed by atoms with Gasteiger partial charge in [0.15, 0.2) is 5.60 Å². The molecule has 0 aliphatic heterocycles. The van der Waals surface area contributed by atoms with E-state index in [1.807, 2.05) is 6.07 Å². The molecule has 0 aliphatic rings. The van der Waals surface area contributed by atoms with Crippen LogP contribution in [0.5, 0.6) is 0 Å². The number of hydrogen-bond acceptors (Lipinski definition) is 11. The first-order valence-electron chi connectivity index (χ1n) is 17.0. The van der Waals surface area contributed by atoms with Crippen molar-refractivity contribution >= 4 is 53.7 Å². The Morgan fingerprint density at radius 3 is 1.48 bits per heavy atom. The molecule has 0 saturated heterocycles. The van der Waals surface area contributed by atoms with E-state index in [4.69, 9.17) is 4.74 Å². The predicted octanol–water partition coefficient (Wildman–Crippen LogP) is 2.01. The van der Waals surface area contributed by atoms with Crippen LogP contribution in [0, 0.1) is 0 Å². The number of amides is 4. The van der Waals surface area contributed by atoms with Crippen molar-refractivity contribution in [2.75, 3.05) is 20.2 Å². The van der Waals surface area contributed by atoms with Crippen LogP contribution < -0.4 is 10.6 Å². The number of methoxy groups -OCH3 is 1. The lowest BCUT2D eigenvalue weighted by Crippen LogP contribution is -2.51. The molecule has 4 amide bonds. The quantitative estimate of drug-likeness (QED) is 0.0282. The van der Waals surface area contributed by atoms with E-state index in [1.54, 1.807) is 54.6 Å². The number of ether oxygens (including phenoxy) is 1. The average Bonchev–Trinajstić information content (AvgIpc) is 3.15. The Morgan fingerprint density at radius 2 is 1.09 bits per heavy atom. The molecule has 17 heteroatoms. The molecule has 2 aromatic carbocycles. The fourth-order valence-corrected chi connectivity index (χ4v) is 4.96. The number of hydroxylamine groups is 4. The molecule has 0 spiro atoms. The minimum atomic E-state index is -2.99. The lowest BCUT2D eigenvalue weighted by atomic mass is 9.94. The van der Waals surface area contributed by atoms with Gasteiger partial charge in [0.2, 0.25) is 11.8 Å². The lowest BCUT2D eigenvalue weighted by molar-refractivity contribution is -0.165. The van der Waals surface area contributed by atoms with Crippen molar-refractivity contribution in [3.05, 3.63) is 83.9 Å². The Hall–Kier alpha value is -5.91. The van der Waals surface area contributed by atoms with Crippen molar-refractivity contribution in [1.29, 1.82) is 0 Å². The molecule has 2 rings (SSSR count). The Balaban J connectivity index is 1.85. The molecule has 3 atom stereocenters. The summed E-state index contributed by atoms with van der Waals surface area (Å²) in [6.45, 7) is -0.262. The molecule has 0 aliphatic carbocycles. The highest BCUT2D eigenvalue weighted by molar-refractivity contribution is 5.94. The standard InChI is InChI=1S/C37H46N4O13/c1-54-35(48)29(17-9-11-23-41(53)33(45)21-19-27-14-6-3-7-15-27)39-31(43)25-37(51,36(49)50)24-30(42)38-28(34(46)47)16-8-10-22-40(52)32(44)20-18-26-12-4-2-5-13-26/h2-7,12-15,18-21,28-29,51-53H,8-11,16-17,22-25H2,1H3,(H,38,42)(H,39,43)(H,46,47)(H,49,50)/b20-18+,21-19+/t28?,29-,37?/m0/s1. The van der Waals surface area contributed by atoms with Gasteiger partial charge < -0.3 is 30.7 Å². The fourth-order valence-electron chi connectivity index (χ4n) is 4.96. The molecule has 0 fully saturated rings. The summed E-state index contributed by atoms with van der Waals surface area (Å²) >= 11 is 0. The molecule has 0 saturated carbocycles. The third kappa shape index (κ3) is 16.2. The number of nitrogens with zero attached hydrogens (tertiary/aromatic N) is 2. The Bertz CT molecular complexity index is 1630. The maximum atomic E-state index is 12.8. The second kappa shape index (κ2) is 22.9. The molecule has 2 unspecified atom stereocenters. The predicted molar refractivity (Wildman–Crippen MR) is 191 cm³/mol. The molecule has 17 nitrogen and oxygen atoms in total. The molecule has 0 aromatic heterocycles. The number of benzene rings is 2. The molecule has 7 N–H and O–H groups in total. The van der Waals surface area contributed by atoms with Crippen LogP contribution in [0.4, 0.5) is 0 Å². The third-order valence-corrected chi connectivity index (χ3v) is 7.93. The zero-order chi connectivity index (χ0) is 40.1. The summed E-state index contributed by atoms with van der Waals surface area (Å²) in [6, 6.07) is 14.9. The van der Waals surface area contributed by atoms with Crippen molar-refractivity contribution in [2.45, 2.75) is 69.1 Å². The summed E-state index contributed by atoms with van der Waals surface area (Å²) in [5, 5.41) is 55.3. The number of carbonyl (C=O) groups excluding carboxylic acids is 5. The van der Waals surface area contributed by atoms with Crippen molar-refractivity contribution in [1.82, 2.24) is 20.8 Å². The van der Waals surface area contributed by atoms with Crippen molar-refractivity contribution < 1.29 is 64.0 Å². The molecule has 0 heterocycles. The molecular weight excluding hydrogens is 708 g/mol. The summed E-state index contributed by atoms with van der Waals surface area (Å²) < 4.78 is 4.69. The third-order valence-electron chi connectivity index (χ3n) is 7.93. The summed E-state index contributed by atoms with van der Waals surface area (Å²) in [4.78, 5) is 85.8. The van der Waals surface area contributed by atoms with Crippen LogP contribution in [-0.2, 0) is 38.3 Å². The molecule has 292 valence electrons. The number of unbranched alkanes of at least 4 members (excludes halogenated alkanes) is 2. The molecule has 54 heavy (non-hydrogen) atoms. The van der Waals surface area contributed by atoms with Gasteiger partial charge in [0.05, 0.1) is 20.0 Å². The maximum Gasteiger partial charge on any atom is 0.336 e. The summed E-state index contributed by atoms with van der Waals surface area (Å²) in [5.74, 6) is -8.05. The highest BCUT2D eigenvalue weighted by Gasteiger charge is 2.42. The molecule has 2 aromatic rings. The topological polar surface area (TPSA) is 260 Å². The van der Waals surface area contributed by atoms with Gasteiger partial charge in [-0.1, -0.05) is 60.7 Å². The number of carboxylic acids is 2.